The van der Waals surface area contributed by atoms with Gasteiger partial charge >= 0.3 is 0 Å². The minimum atomic E-state index is -0.299. The van der Waals surface area contributed by atoms with Crippen LogP contribution in [0.1, 0.15) is 31.6 Å². The van der Waals surface area contributed by atoms with E-state index in [0.29, 0.717) is 22.8 Å². The first-order valence-electron chi connectivity index (χ1n) is 9.42. The van der Waals surface area contributed by atoms with Crippen molar-refractivity contribution in [2.24, 2.45) is 0 Å². The van der Waals surface area contributed by atoms with Crippen LogP contribution in [0.15, 0.2) is 24.3 Å². The van der Waals surface area contributed by atoms with Gasteiger partial charge in [0.15, 0.2) is 0 Å². The molecule has 1 saturated heterocycles. The molecule has 0 aliphatic carbocycles. The van der Waals surface area contributed by atoms with E-state index in [1.54, 1.807) is 31.2 Å². The van der Waals surface area contributed by atoms with Crippen LogP contribution in [0.5, 0.6) is 0 Å². The molecule has 150 valence electrons. The fraction of sp³-hybridized carbons (Fsp3) is 0.474. The highest BCUT2D eigenvalue weighted by Crippen LogP contribution is 2.13. The smallest absolute Gasteiger partial charge is 0.286 e. The molecule has 8 nitrogen and oxygen atoms in total. The third kappa shape index (κ3) is 5.82. The van der Waals surface area contributed by atoms with Crippen molar-refractivity contribution in [3.63, 3.8) is 0 Å². The third-order valence-corrected chi connectivity index (χ3v) is 5.50. The average Bonchev–Trinajstić information content (AvgIpc) is 3.13. The van der Waals surface area contributed by atoms with E-state index in [9.17, 15) is 9.59 Å². The molecular weight excluding hydrogens is 376 g/mol. The molecule has 2 amide bonds. The van der Waals surface area contributed by atoms with E-state index in [0.717, 1.165) is 44.2 Å². The van der Waals surface area contributed by atoms with E-state index in [4.69, 9.17) is 0 Å². The Balaban J connectivity index is 1.40. The Morgan fingerprint density at radius 1 is 1.07 bits per heavy atom. The van der Waals surface area contributed by atoms with E-state index < -0.39 is 0 Å². The van der Waals surface area contributed by atoms with E-state index in [2.05, 4.69) is 37.7 Å². The summed E-state index contributed by atoms with van der Waals surface area (Å²) in [7, 11) is 2.14. The quantitative estimate of drug-likeness (QED) is 0.682. The molecule has 0 bridgehead atoms. The lowest BCUT2D eigenvalue weighted by atomic mass is 10.2. The van der Waals surface area contributed by atoms with Crippen LogP contribution in [-0.4, -0.2) is 78.1 Å². The Kier molecular flexibility index (Phi) is 7.07. The highest BCUT2D eigenvalue weighted by atomic mass is 32.1. The van der Waals surface area contributed by atoms with Gasteiger partial charge < -0.3 is 20.4 Å². The molecular formula is C19H26N6O2S. The number of piperazine rings is 1. The Bertz CT molecular complexity index is 799. The second-order valence-corrected chi connectivity index (χ2v) is 8.09. The molecule has 1 fully saturated rings. The lowest BCUT2D eigenvalue weighted by molar-refractivity contribution is 0.0949. The van der Waals surface area contributed by atoms with Crippen LogP contribution in [0.25, 0.3) is 0 Å². The van der Waals surface area contributed by atoms with E-state index in [1.807, 2.05) is 0 Å². The molecule has 3 rings (SSSR count). The van der Waals surface area contributed by atoms with Crippen LogP contribution in [0.4, 0.5) is 5.69 Å². The summed E-state index contributed by atoms with van der Waals surface area (Å²) in [4.78, 5) is 29.1. The van der Waals surface area contributed by atoms with Gasteiger partial charge in [-0.1, -0.05) is 11.3 Å². The zero-order valence-corrected chi connectivity index (χ0v) is 17.1. The Morgan fingerprint density at radius 3 is 2.43 bits per heavy atom. The number of anilines is 1. The topological polar surface area (TPSA) is 90.5 Å². The molecule has 0 radical (unpaired) electrons. The summed E-state index contributed by atoms with van der Waals surface area (Å²) >= 11 is 1.24. The predicted octanol–water partition coefficient (Wildman–Crippen LogP) is 1.47. The van der Waals surface area contributed by atoms with Gasteiger partial charge in [-0.05, 0) is 51.2 Å². The molecule has 28 heavy (non-hydrogen) atoms. The number of nitrogens with one attached hydrogen (secondary N) is 2. The number of carbonyl (C=O) groups is 2. The zero-order valence-electron chi connectivity index (χ0n) is 16.3. The van der Waals surface area contributed by atoms with Crippen molar-refractivity contribution in [3.05, 3.63) is 39.8 Å². The van der Waals surface area contributed by atoms with Crippen LogP contribution in [0.2, 0.25) is 0 Å². The van der Waals surface area contributed by atoms with Crippen molar-refractivity contribution in [1.82, 2.24) is 25.3 Å². The largest absolute Gasteiger partial charge is 0.352 e. The summed E-state index contributed by atoms with van der Waals surface area (Å²) in [5, 5.41) is 14.4. The first kappa shape index (κ1) is 20.4. The van der Waals surface area contributed by atoms with Crippen molar-refractivity contribution in [1.29, 1.82) is 0 Å². The summed E-state index contributed by atoms with van der Waals surface area (Å²) in [5.41, 5.74) is 1.19. The lowest BCUT2D eigenvalue weighted by Gasteiger charge is -2.32. The fourth-order valence-electron chi connectivity index (χ4n) is 2.96. The van der Waals surface area contributed by atoms with Crippen LogP contribution in [-0.2, 0) is 0 Å². The minimum absolute atomic E-state index is 0.101. The van der Waals surface area contributed by atoms with Gasteiger partial charge in [-0.25, -0.2) is 0 Å². The first-order chi connectivity index (χ1) is 13.5. The summed E-state index contributed by atoms with van der Waals surface area (Å²) in [6.07, 6.45) is 0.935. The number of aromatic nitrogens is 2. The third-order valence-electron chi connectivity index (χ3n) is 4.66. The normalized spacial score (nSPS) is 15.4. The maximum absolute atomic E-state index is 12.3. The van der Waals surface area contributed by atoms with E-state index >= 15 is 0 Å². The monoisotopic (exact) mass is 402 g/mol. The predicted molar refractivity (Wildman–Crippen MR) is 110 cm³/mol. The number of carbonyl (C=O) groups excluding carboxylic acids is 2. The van der Waals surface area contributed by atoms with Gasteiger partial charge in [0.1, 0.15) is 5.01 Å². The first-order valence-corrected chi connectivity index (χ1v) is 10.2. The number of aryl methyl sites for hydroxylation is 1. The van der Waals surface area contributed by atoms with Gasteiger partial charge in [0.2, 0.25) is 5.01 Å². The van der Waals surface area contributed by atoms with Crippen molar-refractivity contribution in [2.75, 3.05) is 51.6 Å². The van der Waals surface area contributed by atoms with Crippen molar-refractivity contribution in [3.8, 4) is 0 Å². The minimum Gasteiger partial charge on any atom is -0.352 e. The fourth-order valence-corrected chi connectivity index (χ4v) is 3.54. The van der Waals surface area contributed by atoms with Crippen LogP contribution in [0.3, 0.4) is 0 Å². The summed E-state index contributed by atoms with van der Waals surface area (Å²) in [5.74, 6) is -0.400. The molecule has 2 heterocycles. The number of hydrogen-bond donors (Lipinski definition) is 2. The number of likely N-dealkylation sites (N-methyl/N-ethyl adjacent to an activating group) is 1. The van der Waals surface area contributed by atoms with Gasteiger partial charge in [0.05, 0.1) is 0 Å². The number of nitrogens with zero attached hydrogens (tertiary/aromatic N) is 4. The van der Waals surface area contributed by atoms with E-state index in [-0.39, 0.29) is 11.8 Å². The highest BCUT2D eigenvalue weighted by Gasteiger charge is 2.14. The van der Waals surface area contributed by atoms with Crippen molar-refractivity contribution in [2.45, 2.75) is 13.3 Å². The van der Waals surface area contributed by atoms with Gasteiger partial charge in [-0.15, -0.1) is 10.2 Å². The summed E-state index contributed by atoms with van der Waals surface area (Å²) in [6, 6.07) is 6.84. The zero-order chi connectivity index (χ0) is 19.9. The average molecular weight is 403 g/mol. The highest BCUT2D eigenvalue weighted by molar-refractivity contribution is 7.13. The van der Waals surface area contributed by atoms with Crippen LogP contribution >= 0.6 is 11.3 Å². The molecule has 2 aromatic rings. The molecule has 9 heteroatoms. The molecule has 1 aromatic carbocycles. The number of rotatable bonds is 7. The Morgan fingerprint density at radius 2 is 1.79 bits per heavy atom. The van der Waals surface area contributed by atoms with Crippen molar-refractivity contribution >= 4 is 28.8 Å². The number of amides is 2. The summed E-state index contributed by atoms with van der Waals surface area (Å²) in [6.45, 7) is 7.85. The second-order valence-electron chi connectivity index (χ2n) is 6.91. The SMILES string of the molecule is Cc1nnc(C(=O)Nc2ccc(C(=O)NCCCN3CCN(C)CC3)cc2)s1. The van der Waals surface area contributed by atoms with Crippen molar-refractivity contribution < 1.29 is 9.59 Å². The maximum atomic E-state index is 12.3. The Labute approximate surface area is 168 Å². The standard InChI is InChI=1S/C19H26N6O2S/c1-14-22-23-19(28-14)18(27)21-16-6-4-15(5-7-16)17(26)20-8-3-9-25-12-10-24(2)11-13-25/h4-7H,3,8-13H2,1-2H3,(H,20,26)(H,21,27). The molecule has 1 aromatic heterocycles. The number of hydrogen-bond acceptors (Lipinski definition) is 7. The molecule has 0 atom stereocenters. The molecule has 0 spiro atoms. The molecule has 0 saturated carbocycles. The van der Waals surface area contributed by atoms with Gasteiger partial charge in [0, 0.05) is 44.0 Å². The Hall–Kier alpha value is -2.36. The van der Waals surface area contributed by atoms with Gasteiger partial charge in [-0.2, -0.15) is 0 Å². The van der Waals surface area contributed by atoms with Crippen LogP contribution < -0.4 is 10.6 Å². The van der Waals surface area contributed by atoms with Gasteiger partial charge in [0.25, 0.3) is 11.8 Å². The van der Waals surface area contributed by atoms with Crippen LogP contribution in [0, 0.1) is 6.92 Å². The second kappa shape index (κ2) is 9.72. The molecule has 1 aliphatic heterocycles. The molecule has 2 N–H and O–H groups in total. The lowest BCUT2D eigenvalue weighted by Crippen LogP contribution is -2.45. The molecule has 1 aliphatic rings. The summed E-state index contributed by atoms with van der Waals surface area (Å²) < 4.78 is 0. The van der Waals surface area contributed by atoms with E-state index in [1.165, 1.54) is 11.3 Å². The molecule has 0 unspecified atom stereocenters. The van der Waals surface area contributed by atoms with Gasteiger partial charge in [-0.3, -0.25) is 9.59 Å². The maximum Gasteiger partial charge on any atom is 0.286 e. The number of benzene rings is 1.